The van der Waals surface area contributed by atoms with Crippen LogP contribution in [0.2, 0.25) is 0 Å². The molecular weight excluding hydrogens is 294 g/mol. The fourth-order valence-electron chi connectivity index (χ4n) is 1.51. The Bertz CT molecular complexity index is 401. The molecule has 0 fully saturated rings. The van der Waals surface area contributed by atoms with Gasteiger partial charge in [-0.3, -0.25) is 0 Å². The molecule has 1 aromatic rings. The summed E-state index contributed by atoms with van der Waals surface area (Å²) >= 11 is 0. The minimum Gasteiger partial charge on any atom is -0.447 e. The van der Waals surface area contributed by atoms with Crippen LogP contribution >= 0.6 is 0 Å². The lowest BCUT2D eigenvalue weighted by Gasteiger charge is -2.21. The first-order valence-electron chi connectivity index (χ1n) is 5.43. The molecule has 0 aromatic carbocycles. The molecule has 0 aliphatic carbocycles. The van der Waals surface area contributed by atoms with Gasteiger partial charge in [0.25, 0.3) is 0 Å². The number of nitrogens with one attached hydrogen (secondary N) is 1. The molecule has 0 atom stereocenters. The third-order valence-electron chi connectivity index (χ3n) is 2.36. The van der Waals surface area contributed by atoms with Gasteiger partial charge in [0.2, 0.25) is 5.92 Å². The highest BCUT2D eigenvalue weighted by Crippen LogP contribution is 2.47. The van der Waals surface area contributed by atoms with Gasteiger partial charge < -0.3 is 14.5 Å². The Morgan fingerprint density at radius 1 is 1.25 bits per heavy atom. The molecule has 0 aliphatic heterocycles. The molecular formula is C10H12F6N2O2. The Morgan fingerprint density at radius 2 is 1.85 bits per heavy atom. The normalized spacial score (nSPS) is 13.2. The summed E-state index contributed by atoms with van der Waals surface area (Å²) in [6.07, 6.45) is -10.4. The third-order valence-corrected chi connectivity index (χ3v) is 2.36. The van der Waals surface area contributed by atoms with Crippen LogP contribution in [-0.4, -0.2) is 37.6 Å². The molecule has 1 N–H and O–H groups in total. The van der Waals surface area contributed by atoms with Gasteiger partial charge in [0, 0.05) is 20.2 Å². The van der Waals surface area contributed by atoms with Gasteiger partial charge in [0.15, 0.2) is 6.39 Å². The molecule has 0 spiro atoms. The Hall–Kier alpha value is -1.29. The number of hydrogen-bond acceptors (Lipinski definition) is 4. The molecule has 116 valence electrons. The van der Waals surface area contributed by atoms with E-state index in [4.69, 9.17) is 0 Å². The average Bonchev–Trinajstić information content (AvgIpc) is 2.68. The molecule has 0 amide bonds. The maximum absolute atomic E-state index is 12.6. The zero-order valence-corrected chi connectivity index (χ0v) is 10.3. The fourth-order valence-corrected chi connectivity index (χ4v) is 1.51. The summed E-state index contributed by atoms with van der Waals surface area (Å²) in [4.78, 5) is 3.39. The van der Waals surface area contributed by atoms with E-state index in [1.54, 1.807) is 0 Å². The minimum absolute atomic E-state index is 0.255. The van der Waals surface area contributed by atoms with Crippen molar-refractivity contribution in [2.75, 3.05) is 20.3 Å². The number of nitrogens with zero attached hydrogens (tertiary/aromatic N) is 1. The number of alkyl halides is 6. The van der Waals surface area contributed by atoms with Crippen LogP contribution in [0.3, 0.4) is 0 Å². The number of halogens is 6. The van der Waals surface area contributed by atoms with Gasteiger partial charge in [-0.05, 0) is 0 Å². The van der Waals surface area contributed by atoms with E-state index in [1.807, 2.05) is 0 Å². The predicted molar refractivity (Wildman–Crippen MR) is 54.9 cm³/mol. The van der Waals surface area contributed by atoms with E-state index in [9.17, 15) is 26.3 Å². The second-order valence-corrected chi connectivity index (χ2v) is 3.85. The summed E-state index contributed by atoms with van der Waals surface area (Å²) in [5.74, 6) is -4.92. The molecule has 0 unspecified atom stereocenters. The molecule has 0 bridgehead atoms. The summed E-state index contributed by atoms with van der Waals surface area (Å²) in [5.41, 5.74) is -0.430. The van der Waals surface area contributed by atoms with Crippen molar-refractivity contribution in [2.45, 2.75) is 24.8 Å². The molecule has 0 saturated carbocycles. The second kappa shape index (κ2) is 6.44. The molecule has 0 aliphatic rings. The van der Waals surface area contributed by atoms with E-state index >= 15 is 0 Å². The number of rotatable bonds is 6. The van der Waals surface area contributed by atoms with Gasteiger partial charge in [-0.2, -0.15) is 26.3 Å². The third kappa shape index (κ3) is 4.37. The van der Waals surface area contributed by atoms with Gasteiger partial charge in [-0.15, -0.1) is 0 Å². The maximum Gasteiger partial charge on any atom is 0.407 e. The van der Waals surface area contributed by atoms with Crippen molar-refractivity contribution in [1.29, 1.82) is 0 Å². The summed E-state index contributed by atoms with van der Waals surface area (Å²) in [6.45, 7) is 0.235. The van der Waals surface area contributed by atoms with Gasteiger partial charge in [0.1, 0.15) is 5.76 Å². The van der Waals surface area contributed by atoms with Crippen LogP contribution in [0.15, 0.2) is 10.8 Å². The van der Waals surface area contributed by atoms with E-state index in [2.05, 4.69) is 19.5 Å². The number of oxazole rings is 1. The van der Waals surface area contributed by atoms with Crippen LogP contribution in [0.1, 0.15) is 17.4 Å². The zero-order valence-electron chi connectivity index (χ0n) is 10.3. The van der Waals surface area contributed by atoms with Gasteiger partial charge in [-0.1, -0.05) is 0 Å². The average molecular weight is 306 g/mol. The highest BCUT2D eigenvalue weighted by Gasteiger charge is 2.60. The SMILES string of the molecule is COCCNCc1ncoc1C(C(F)(F)F)C(F)(F)F. The fraction of sp³-hybridized carbons (Fsp3) is 0.700. The maximum atomic E-state index is 12.6. The van der Waals surface area contributed by atoms with E-state index in [0.29, 0.717) is 6.39 Å². The monoisotopic (exact) mass is 306 g/mol. The number of aromatic nitrogens is 1. The second-order valence-electron chi connectivity index (χ2n) is 3.85. The number of methoxy groups -OCH3 is 1. The molecule has 1 heterocycles. The first-order chi connectivity index (χ1) is 9.18. The Balaban J connectivity index is 2.91. The quantitative estimate of drug-likeness (QED) is 0.648. The summed E-state index contributed by atoms with van der Waals surface area (Å²) in [6, 6.07) is 0. The van der Waals surface area contributed by atoms with Crippen molar-refractivity contribution < 1.29 is 35.5 Å². The lowest BCUT2D eigenvalue weighted by atomic mass is 10.0. The first-order valence-corrected chi connectivity index (χ1v) is 5.43. The van der Waals surface area contributed by atoms with Crippen molar-refractivity contribution in [2.24, 2.45) is 0 Å². The van der Waals surface area contributed by atoms with Crippen molar-refractivity contribution in [3.8, 4) is 0 Å². The summed E-state index contributed by atoms with van der Waals surface area (Å²) in [5, 5.41) is 2.60. The van der Waals surface area contributed by atoms with Crippen LogP contribution in [-0.2, 0) is 11.3 Å². The zero-order chi connectivity index (χ0) is 15.4. The topological polar surface area (TPSA) is 47.3 Å². The molecule has 0 radical (unpaired) electrons. The van der Waals surface area contributed by atoms with Crippen LogP contribution in [0, 0.1) is 0 Å². The van der Waals surface area contributed by atoms with Crippen molar-refractivity contribution in [3.05, 3.63) is 17.8 Å². The standard InChI is InChI=1S/C10H12F6N2O2/c1-19-3-2-17-4-6-7(20-5-18-6)8(9(11,12)13)10(14,15)16/h5,8,17H,2-4H2,1H3. The molecule has 10 heteroatoms. The molecule has 4 nitrogen and oxygen atoms in total. The van der Waals surface area contributed by atoms with E-state index in [1.165, 1.54) is 7.11 Å². The smallest absolute Gasteiger partial charge is 0.407 e. The van der Waals surface area contributed by atoms with Gasteiger partial charge in [0.05, 0.1) is 12.3 Å². The molecule has 20 heavy (non-hydrogen) atoms. The predicted octanol–water partition coefficient (Wildman–Crippen LogP) is 2.62. The lowest BCUT2D eigenvalue weighted by molar-refractivity contribution is -0.257. The van der Waals surface area contributed by atoms with Crippen LogP contribution < -0.4 is 5.32 Å². The number of ether oxygens (including phenoxy) is 1. The van der Waals surface area contributed by atoms with Crippen LogP contribution in [0.5, 0.6) is 0 Å². The largest absolute Gasteiger partial charge is 0.447 e. The highest BCUT2D eigenvalue weighted by molar-refractivity contribution is 5.17. The van der Waals surface area contributed by atoms with Crippen molar-refractivity contribution >= 4 is 0 Å². The Labute approximate surface area is 110 Å². The Kier molecular flexibility index (Phi) is 5.40. The number of hydrogen-bond donors (Lipinski definition) is 1. The first kappa shape index (κ1) is 16.8. The Morgan fingerprint density at radius 3 is 2.35 bits per heavy atom. The van der Waals surface area contributed by atoms with Crippen molar-refractivity contribution in [1.82, 2.24) is 10.3 Å². The molecule has 1 aromatic heterocycles. The van der Waals surface area contributed by atoms with Crippen molar-refractivity contribution in [3.63, 3.8) is 0 Å². The van der Waals surface area contributed by atoms with E-state index < -0.39 is 29.7 Å². The summed E-state index contributed by atoms with van der Waals surface area (Å²) in [7, 11) is 1.41. The van der Waals surface area contributed by atoms with E-state index in [0.717, 1.165) is 0 Å². The lowest BCUT2D eigenvalue weighted by Crippen LogP contribution is -2.35. The van der Waals surface area contributed by atoms with E-state index in [-0.39, 0.29) is 19.7 Å². The highest BCUT2D eigenvalue weighted by atomic mass is 19.4. The minimum atomic E-state index is -5.50. The van der Waals surface area contributed by atoms with Gasteiger partial charge >= 0.3 is 12.4 Å². The van der Waals surface area contributed by atoms with Crippen LogP contribution in [0.4, 0.5) is 26.3 Å². The molecule has 0 saturated heterocycles. The van der Waals surface area contributed by atoms with Crippen LogP contribution in [0.25, 0.3) is 0 Å². The van der Waals surface area contributed by atoms with Gasteiger partial charge in [-0.25, -0.2) is 4.98 Å². The molecule has 1 rings (SSSR count). The summed E-state index contributed by atoms with van der Waals surface area (Å²) < 4.78 is 84.3.